The van der Waals surface area contributed by atoms with E-state index in [2.05, 4.69) is 26.7 Å². The summed E-state index contributed by atoms with van der Waals surface area (Å²) in [6, 6.07) is 20.3. The minimum absolute atomic E-state index is 0.0476. The van der Waals surface area contributed by atoms with Crippen LogP contribution in [0.25, 0.3) is 11.4 Å². The first-order valence-electron chi connectivity index (χ1n) is 9.11. The number of benzene rings is 2. The normalized spacial score (nSPS) is 11.3. The number of nitrogens with one attached hydrogen (secondary N) is 2. The highest BCUT2D eigenvalue weighted by Gasteiger charge is 2.15. The van der Waals surface area contributed by atoms with Crippen molar-refractivity contribution in [3.8, 4) is 17.5 Å². The van der Waals surface area contributed by atoms with Gasteiger partial charge in [0.1, 0.15) is 11.5 Å². The number of aromatic nitrogens is 2. The van der Waals surface area contributed by atoms with E-state index in [0.29, 0.717) is 22.9 Å². The zero-order chi connectivity index (χ0) is 19.9. The first-order chi connectivity index (χ1) is 13.6. The Morgan fingerprint density at radius 3 is 2.61 bits per heavy atom. The summed E-state index contributed by atoms with van der Waals surface area (Å²) in [6.45, 7) is 3.96. The minimum Gasteiger partial charge on any atom is -0.348 e. The highest BCUT2D eigenvalue weighted by molar-refractivity contribution is 5.93. The number of rotatable bonds is 6. The molecule has 1 aromatic heterocycles. The summed E-state index contributed by atoms with van der Waals surface area (Å²) in [5.74, 6) is 0.692. The van der Waals surface area contributed by atoms with E-state index >= 15 is 0 Å². The van der Waals surface area contributed by atoms with Crippen LogP contribution in [0.3, 0.4) is 0 Å². The number of nitriles is 1. The number of hydrogen-bond donors (Lipinski definition) is 2. The Morgan fingerprint density at radius 1 is 1.11 bits per heavy atom. The zero-order valence-corrected chi connectivity index (χ0v) is 15.8. The van der Waals surface area contributed by atoms with Gasteiger partial charge in [-0.25, -0.2) is 9.97 Å². The molecule has 1 atom stereocenters. The molecule has 0 fully saturated rings. The molecule has 6 nitrogen and oxygen atoms in total. The Bertz CT molecular complexity index is 1010. The summed E-state index contributed by atoms with van der Waals surface area (Å²) in [7, 11) is 0. The lowest BCUT2D eigenvalue weighted by molar-refractivity contribution is 0.0934. The fourth-order valence-electron chi connectivity index (χ4n) is 2.56. The largest absolute Gasteiger partial charge is 0.348 e. The van der Waals surface area contributed by atoms with Crippen LogP contribution in [0.4, 0.5) is 11.5 Å². The third-order valence-corrected chi connectivity index (χ3v) is 4.24. The second kappa shape index (κ2) is 8.78. The second-order valence-corrected chi connectivity index (χ2v) is 6.43. The van der Waals surface area contributed by atoms with Crippen molar-refractivity contribution in [1.82, 2.24) is 15.3 Å². The Kier molecular flexibility index (Phi) is 5.97. The number of anilines is 2. The van der Waals surface area contributed by atoms with E-state index in [1.807, 2.05) is 50.2 Å². The molecule has 0 saturated heterocycles. The van der Waals surface area contributed by atoms with E-state index in [9.17, 15) is 4.79 Å². The average molecular weight is 371 g/mol. The lowest BCUT2D eigenvalue weighted by atomic mass is 10.2. The Balaban J connectivity index is 1.99. The summed E-state index contributed by atoms with van der Waals surface area (Å²) < 4.78 is 0. The van der Waals surface area contributed by atoms with Crippen LogP contribution in [-0.4, -0.2) is 21.9 Å². The molecular weight excluding hydrogens is 350 g/mol. The van der Waals surface area contributed by atoms with Crippen molar-refractivity contribution in [3.63, 3.8) is 0 Å². The summed E-state index contributed by atoms with van der Waals surface area (Å²) in [6.07, 6.45) is 0.828. The maximum Gasteiger partial charge on any atom is 0.270 e. The van der Waals surface area contributed by atoms with Gasteiger partial charge in [0.2, 0.25) is 0 Å². The van der Waals surface area contributed by atoms with Crippen LogP contribution >= 0.6 is 0 Å². The van der Waals surface area contributed by atoms with Gasteiger partial charge in [-0.15, -0.1) is 0 Å². The number of carbonyl (C=O) groups is 1. The molecule has 2 N–H and O–H groups in total. The van der Waals surface area contributed by atoms with Gasteiger partial charge < -0.3 is 10.6 Å². The van der Waals surface area contributed by atoms with E-state index in [0.717, 1.165) is 12.0 Å². The fraction of sp³-hybridized carbons (Fsp3) is 0.182. The molecule has 1 heterocycles. The van der Waals surface area contributed by atoms with Crippen LogP contribution in [0.2, 0.25) is 0 Å². The van der Waals surface area contributed by atoms with Gasteiger partial charge in [-0.1, -0.05) is 43.3 Å². The second-order valence-electron chi connectivity index (χ2n) is 6.43. The molecule has 1 amide bonds. The molecule has 28 heavy (non-hydrogen) atoms. The predicted molar refractivity (Wildman–Crippen MR) is 109 cm³/mol. The van der Waals surface area contributed by atoms with Gasteiger partial charge in [0.25, 0.3) is 5.91 Å². The molecule has 0 aliphatic carbocycles. The molecule has 0 aliphatic heterocycles. The highest BCUT2D eigenvalue weighted by atomic mass is 16.1. The van der Waals surface area contributed by atoms with Crippen LogP contribution < -0.4 is 10.6 Å². The maximum absolute atomic E-state index is 12.6. The SMILES string of the molecule is CCC(C)NC(=O)c1cc(Nc2cccc(C#N)c2)nc(-c2ccccc2)n1. The van der Waals surface area contributed by atoms with Crippen molar-refractivity contribution < 1.29 is 4.79 Å². The molecule has 0 radical (unpaired) electrons. The molecule has 1 unspecified atom stereocenters. The van der Waals surface area contributed by atoms with Crippen molar-refractivity contribution in [1.29, 1.82) is 5.26 Å². The molecule has 140 valence electrons. The first-order valence-corrected chi connectivity index (χ1v) is 9.11. The van der Waals surface area contributed by atoms with Gasteiger partial charge >= 0.3 is 0 Å². The van der Waals surface area contributed by atoms with Crippen LogP contribution in [0, 0.1) is 11.3 Å². The van der Waals surface area contributed by atoms with Crippen LogP contribution in [0.5, 0.6) is 0 Å². The number of amides is 1. The minimum atomic E-state index is -0.247. The molecule has 0 bridgehead atoms. The van der Waals surface area contributed by atoms with Crippen LogP contribution in [0.1, 0.15) is 36.3 Å². The maximum atomic E-state index is 12.6. The standard InChI is InChI=1S/C22H21N5O/c1-3-15(2)24-22(28)19-13-20(25-18-11-7-8-16(12-18)14-23)27-21(26-19)17-9-5-4-6-10-17/h4-13,15H,3H2,1-2H3,(H,24,28)(H,25,26,27). The molecule has 3 rings (SSSR count). The van der Waals surface area contributed by atoms with Crippen molar-refractivity contribution in [2.45, 2.75) is 26.3 Å². The van der Waals surface area contributed by atoms with Gasteiger partial charge in [-0.05, 0) is 31.5 Å². The first kappa shape index (κ1) is 19.1. The third kappa shape index (κ3) is 4.71. The molecule has 3 aromatic rings. The number of nitrogens with zero attached hydrogens (tertiary/aromatic N) is 3. The van der Waals surface area contributed by atoms with Gasteiger partial charge in [0.15, 0.2) is 5.82 Å². The van der Waals surface area contributed by atoms with E-state index in [1.165, 1.54) is 0 Å². The fourth-order valence-corrected chi connectivity index (χ4v) is 2.56. The summed E-state index contributed by atoms with van der Waals surface area (Å²) >= 11 is 0. The van der Waals surface area contributed by atoms with E-state index < -0.39 is 0 Å². The van der Waals surface area contributed by atoms with Gasteiger partial charge in [0, 0.05) is 23.4 Å². The van der Waals surface area contributed by atoms with E-state index in [-0.39, 0.29) is 17.6 Å². The lowest BCUT2D eigenvalue weighted by Crippen LogP contribution is -2.32. The van der Waals surface area contributed by atoms with Crippen molar-refractivity contribution in [3.05, 3.63) is 71.9 Å². The van der Waals surface area contributed by atoms with Gasteiger partial charge in [-0.3, -0.25) is 4.79 Å². The molecule has 0 saturated carbocycles. The summed E-state index contributed by atoms with van der Waals surface area (Å²) in [4.78, 5) is 21.6. The van der Waals surface area contributed by atoms with Crippen molar-refractivity contribution in [2.24, 2.45) is 0 Å². The third-order valence-electron chi connectivity index (χ3n) is 4.24. The van der Waals surface area contributed by atoms with Gasteiger partial charge in [0.05, 0.1) is 11.6 Å². The van der Waals surface area contributed by atoms with E-state index in [4.69, 9.17) is 5.26 Å². The smallest absolute Gasteiger partial charge is 0.270 e. The van der Waals surface area contributed by atoms with E-state index in [1.54, 1.807) is 24.3 Å². The van der Waals surface area contributed by atoms with Crippen molar-refractivity contribution >= 4 is 17.4 Å². The highest BCUT2D eigenvalue weighted by Crippen LogP contribution is 2.21. The topological polar surface area (TPSA) is 90.7 Å². The summed E-state index contributed by atoms with van der Waals surface area (Å²) in [5.41, 5.74) is 2.35. The Morgan fingerprint density at radius 2 is 1.89 bits per heavy atom. The molecule has 2 aromatic carbocycles. The van der Waals surface area contributed by atoms with Gasteiger partial charge in [-0.2, -0.15) is 5.26 Å². The molecular formula is C22H21N5O. The Hall–Kier alpha value is -3.72. The molecule has 0 spiro atoms. The number of hydrogen-bond acceptors (Lipinski definition) is 5. The Labute approximate surface area is 164 Å². The quantitative estimate of drug-likeness (QED) is 0.675. The molecule has 6 heteroatoms. The van der Waals surface area contributed by atoms with Crippen molar-refractivity contribution in [2.75, 3.05) is 5.32 Å². The number of carbonyl (C=O) groups excluding carboxylic acids is 1. The summed E-state index contributed by atoms with van der Waals surface area (Å²) in [5, 5.41) is 15.2. The predicted octanol–water partition coefficient (Wildman–Crippen LogP) is 4.29. The van der Waals surface area contributed by atoms with Crippen LogP contribution in [0.15, 0.2) is 60.7 Å². The average Bonchev–Trinajstić information content (AvgIpc) is 2.74. The van der Waals surface area contributed by atoms with Crippen LogP contribution in [-0.2, 0) is 0 Å². The monoisotopic (exact) mass is 371 g/mol. The zero-order valence-electron chi connectivity index (χ0n) is 15.8. The lowest BCUT2D eigenvalue weighted by Gasteiger charge is -2.13. The molecule has 0 aliphatic rings.